The van der Waals surface area contributed by atoms with E-state index in [1.807, 2.05) is 25.1 Å². The van der Waals surface area contributed by atoms with Gasteiger partial charge >= 0.3 is 0 Å². The molecule has 3 rings (SSSR count). The zero-order valence-corrected chi connectivity index (χ0v) is 12.2. The lowest BCUT2D eigenvalue weighted by atomic mass is 10.2. The molecule has 0 spiro atoms. The minimum atomic E-state index is 0.155. The van der Waals surface area contributed by atoms with Crippen molar-refractivity contribution in [2.45, 2.75) is 19.1 Å². The number of aromatic nitrogens is 3. The van der Waals surface area contributed by atoms with Crippen LogP contribution in [-0.4, -0.2) is 47.3 Å². The molecule has 0 aliphatic carbocycles. The van der Waals surface area contributed by atoms with Gasteiger partial charge in [-0.05, 0) is 19.1 Å². The van der Waals surface area contributed by atoms with Gasteiger partial charge in [0.15, 0.2) is 5.82 Å². The monoisotopic (exact) mass is 285 g/mol. The molecule has 2 N–H and O–H groups in total. The number of hydrogen-bond acceptors (Lipinski definition) is 6. The van der Waals surface area contributed by atoms with Crippen molar-refractivity contribution < 1.29 is 4.74 Å². The molecule has 0 radical (unpaired) electrons. The molecule has 1 saturated heterocycles. The summed E-state index contributed by atoms with van der Waals surface area (Å²) in [5, 5.41) is 6.75. The van der Waals surface area contributed by atoms with Crippen molar-refractivity contribution in [2.24, 2.45) is 0 Å². The lowest BCUT2D eigenvalue weighted by Crippen LogP contribution is -2.33. The first-order valence-corrected chi connectivity index (χ1v) is 7.02. The number of nitrogens with one attached hydrogen (secondary N) is 2. The van der Waals surface area contributed by atoms with E-state index in [1.165, 1.54) is 0 Å². The van der Waals surface area contributed by atoms with Crippen molar-refractivity contribution in [3.8, 4) is 11.4 Å². The van der Waals surface area contributed by atoms with E-state index in [1.54, 1.807) is 19.5 Å². The van der Waals surface area contributed by atoms with Gasteiger partial charge < -0.3 is 15.4 Å². The molecular formula is C15H19N5O. The molecule has 0 amide bonds. The van der Waals surface area contributed by atoms with Gasteiger partial charge in [-0.15, -0.1) is 0 Å². The molecule has 0 bridgehead atoms. The minimum absolute atomic E-state index is 0.155. The Bertz CT molecular complexity index is 604. The van der Waals surface area contributed by atoms with Gasteiger partial charge in [-0.3, -0.25) is 4.98 Å². The molecular weight excluding hydrogens is 266 g/mol. The van der Waals surface area contributed by atoms with Gasteiger partial charge in [0.1, 0.15) is 5.82 Å². The molecule has 6 heteroatoms. The van der Waals surface area contributed by atoms with Crippen LogP contribution in [0.2, 0.25) is 0 Å². The van der Waals surface area contributed by atoms with E-state index < -0.39 is 0 Å². The lowest BCUT2D eigenvalue weighted by molar-refractivity contribution is 0.111. The Balaban J connectivity index is 1.85. The van der Waals surface area contributed by atoms with Crippen LogP contribution in [0.3, 0.4) is 0 Å². The number of rotatable bonds is 4. The maximum atomic E-state index is 5.46. The largest absolute Gasteiger partial charge is 0.378 e. The third-order valence-electron chi connectivity index (χ3n) is 3.57. The normalized spacial score (nSPS) is 21.4. The minimum Gasteiger partial charge on any atom is -0.378 e. The van der Waals surface area contributed by atoms with Crippen LogP contribution in [0.4, 0.5) is 5.82 Å². The zero-order chi connectivity index (χ0) is 14.7. The van der Waals surface area contributed by atoms with Crippen LogP contribution >= 0.6 is 0 Å². The highest BCUT2D eigenvalue weighted by molar-refractivity contribution is 5.56. The summed E-state index contributed by atoms with van der Waals surface area (Å²) in [5.74, 6) is 1.50. The van der Waals surface area contributed by atoms with Gasteiger partial charge in [-0.2, -0.15) is 0 Å². The van der Waals surface area contributed by atoms with E-state index in [0.29, 0.717) is 5.82 Å². The highest BCUT2D eigenvalue weighted by atomic mass is 16.5. The molecule has 3 heterocycles. The van der Waals surface area contributed by atoms with Gasteiger partial charge in [-0.1, -0.05) is 0 Å². The summed E-state index contributed by atoms with van der Waals surface area (Å²) in [6, 6.07) is 6.01. The van der Waals surface area contributed by atoms with Crippen molar-refractivity contribution in [3.05, 3.63) is 36.3 Å². The van der Waals surface area contributed by atoms with E-state index in [9.17, 15) is 0 Å². The predicted molar refractivity (Wildman–Crippen MR) is 81.1 cm³/mol. The number of methoxy groups -OCH3 is 1. The molecule has 0 aromatic carbocycles. The standard InChI is InChI=1S/C15H19N5O/c1-10-6-14(19-12-8-17-9-13(12)21-2)20-15(18-10)11-4-3-5-16-7-11/h3-7,12-13,17H,8-9H2,1-2H3,(H,18,19,20)/t12-,13-/m0/s1. The fraction of sp³-hybridized carbons (Fsp3) is 0.400. The lowest BCUT2D eigenvalue weighted by Gasteiger charge is -2.19. The average molecular weight is 285 g/mol. The van der Waals surface area contributed by atoms with Gasteiger partial charge in [0.25, 0.3) is 0 Å². The fourth-order valence-electron chi connectivity index (χ4n) is 2.50. The molecule has 110 valence electrons. The van der Waals surface area contributed by atoms with E-state index in [4.69, 9.17) is 4.74 Å². The number of anilines is 1. The van der Waals surface area contributed by atoms with Crippen molar-refractivity contribution >= 4 is 5.82 Å². The SMILES string of the molecule is CO[C@H]1CNC[C@@H]1Nc1cc(C)nc(-c2cccnc2)n1. The molecule has 21 heavy (non-hydrogen) atoms. The second-order valence-electron chi connectivity index (χ2n) is 5.14. The Morgan fingerprint density at radius 3 is 3.00 bits per heavy atom. The van der Waals surface area contributed by atoms with Crippen LogP contribution < -0.4 is 10.6 Å². The third-order valence-corrected chi connectivity index (χ3v) is 3.57. The molecule has 6 nitrogen and oxygen atoms in total. The molecule has 0 unspecified atom stereocenters. The maximum Gasteiger partial charge on any atom is 0.163 e. The first kappa shape index (κ1) is 13.9. The summed E-state index contributed by atoms with van der Waals surface area (Å²) in [7, 11) is 1.73. The van der Waals surface area contributed by atoms with Crippen molar-refractivity contribution in [1.29, 1.82) is 0 Å². The first-order chi connectivity index (χ1) is 10.3. The molecule has 1 aliphatic rings. The Labute approximate surface area is 124 Å². The smallest absolute Gasteiger partial charge is 0.163 e. The number of hydrogen-bond donors (Lipinski definition) is 2. The molecule has 2 aromatic heterocycles. The number of pyridine rings is 1. The Morgan fingerprint density at radius 2 is 2.24 bits per heavy atom. The second kappa shape index (κ2) is 6.15. The number of ether oxygens (including phenoxy) is 1. The fourth-order valence-corrected chi connectivity index (χ4v) is 2.50. The highest BCUT2D eigenvalue weighted by Gasteiger charge is 2.27. The second-order valence-corrected chi connectivity index (χ2v) is 5.14. The predicted octanol–water partition coefficient (Wildman–Crippen LogP) is 1.25. The topological polar surface area (TPSA) is 72.0 Å². The summed E-state index contributed by atoms with van der Waals surface area (Å²) in [6.45, 7) is 3.69. The molecule has 0 saturated carbocycles. The van der Waals surface area contributed by atoms with Gasteiger partial charge in [-0.25, -0.2) is 9.97 Å². The van der Waals surface area contributed by atoms with E-state index in [2.05, 4.69) is 25.6 Å². The van der Waals surface area contributed by atoms with Gasteiger partial charge in [0, 0.05) is 49.9 Å². The average Bonchev–Trinajstić information content (AvgIpc) is 2.95. The van der Waals surface area contributed by atoms with E-state index in [0.717, 1.165) is 30.2 Å². The van der Waals surface area contributed by atoms with Crippen molar-refractivity contribution in [1.82, 2.24) is 20.3 Å². The molecule has 2 atom stereocenters. The summed E-state index contributed by atoms with van der Waals surface area (Å²) >= 11 is 0. The van der Waals surface area contributed by atoms with E-state index >= 15 is 0 Å². The summed E-state index contributed by atoms with van der Waals surface area (Å²) in [4.78, 5) is 13.2. The van der Waals surface area contributed by atoms with Crippen molar-refractivity contribution in [3.63, 3.8) is 0 Å². The van der Waals surface area contributed by atoms with Gasteiger partial charge in [0.05, 0.1) is 12.1 Å². The Morgan fingerprint density at radius 1 is 1.33 bits per heavy atom. The summed E-state index contributed by atoms with van der Waals surface area (Å²) in [5.41, 5.74) is 1.84. The van der Waals surface area contributed by atoms with Gasteiger partial charge in [0.2, 0.25) is 0 Å². The van der Waals surface area contributed by atoms with Crippen LogP contribution in [0.15, 0.2) is 30.6 Å². The molecule has 1 fully saturated rings. The van der Waals surface area contributed by atoms with Crippen LogP contribution in [0.25, 0.3) is 11.4 Å². The number of nitrogens with zero attached hydrogens (tertiary/aromatic N) is 3. The third kappa shape index (κ3) is 3.17. The van der Waals surface area contributed by atoms with Crippen LogP contribution in [-0.2, 0) is 4.74 Å². The van der Waals surface area contributed by atoms with Crippen molar-refractivity contribution in [2.75, 3.05) is 25.5 Å². The maximum absolute atomic E-state index is 5.46. The Kier molecular flexibility index (Phi) is 4.08. The zero-order valence-electron chi connectivity index (χ0n) is 12.2. The number of aryl methyl sites for hydroxylation is 1. The molecule has 1 aliphatic heterocycles. The Hall–Kier alpha value is -2.05. The first-order valence-electron chi connectivity index (χ1n) is 7.02. The van der Waals surface area contributed by atoms with Crippen LogP contribution in [0.5, 0.6) is 0 Å². The highest BCUT2D eigenvalue weighted by Crippen LogP contribution is 2.18. The molecule has 2 aromatic rings. The summed E-state index contributed by atoms with van der Waals surface area (Å²) < 4.78 is 5.46. The quantitative estimate of drug-likeness (QED) is 0.881. The summed E-state index contributed by atoms with van der Waals surface area (Å²) in [6.07, 6.45) is 3.67. The van der Waals surface area contributed by atoms with E-state index in [-0.39, 0.29) is 12.1 Å². The van der Waals surface area contributed by atoms with Crippen LogP contribution in [0.1, 0.15) is 5.69 Å². The van der Waals surface area contributed by atoms with Crippen LogP contribution in [0, 0.1) is 6.92 Å².